The molecule has 0 aliphatic carbocycles. The number of nitrogens with zero attached hydrogens (tertiary/aromatic N) is 3. The lowest BCUT2D eigenvalue weighted by Crippen LogP contribution is -2.04. The predicted octanol–water partition coefficient (Wildman–Crippen LogP) is 5.25. The molecule has 0 radical (unpaired) electrons. The maximum absolute atomic E-state index is 4.88. The molecule has 27 heavy (non-hydrogen) atoms. The van der Waals surface area contributed by atoms with E-state index in [2.05, 4.69) is 63.1 Å². The van der Waals surface area contributed by atoms with Crippen LogP contribution in [-0.4, -0.2) is 19.5 Å². The molecule has 0 atom stereocenters. The first-order valence-electron chi connectivity index (χ1n) is 8.92. The van der Waals surface area contributed by atoms with Gasteiger partial charge in [0.2, 0.25) is 0 Å². The average molecular weight is 370 g/mol. The van der Waals surface area contributed by atoms with E-state index in [9.17, 15) is 0 Å². The van der Waals surface area contributed by atoms with E-state index < -0.39 is 0 Å². The average Bonchev–Trinajstić information content (AvgIpc) is 3.28. The van der Waals surface area contributed by atoms with Gasteiger partial charge in [-0.05, 0) is 29.8 Å². The van der Waals surface area contributed by atoms with Crippen LogP contribution in [-0.2, 0) is 12.3 Å². The minimum atomic E-state index is 0.765. The zero-order valence-corrected chi connectivity index (χ0v) is 15.5. The molecule has 4 nitrogen and oxygen atoms in total. The van der Waals surface area contributed by atoms with Crippen molar-refractivity contribution < 1.29 is 0 Å². The van der Waals surface area contributed by atoms with E-state index in [1.54, 1.807) is 11.8 Å². The van der Waals surface area contributed by atoms with Gasteiger partial charge >= 0.3 is 0 Å². The number of thioether (sulfide) groups is 1. The molecule has 0 aliphatic rings. The van der Waals surface area contributed by atoms with Crippen molar-refractivity contribution in [3.63, 3.8) is 0 Å². The third kappa shape index (κ3) is 3.22. The Bertz CT molecular complexity index is 1170. The first kappa shape index (κ1) is 16.1. The Kier molecular flexibility index (Phi) is 4.14. The standard InChI is InChI=1S/C22H18N4S/c1-2-8-16(9-3-1)14-26-20-13-7-6-12-19(20)23-21(26)15-27-22-24-17-10-4-5-11-18(17)25-22/h1-13H,14-15H2,(H,24,25). The fourth-order valence-electron chi connectivity index (χ4n) is 3.31. The Labute approximate surface area is 161 Å². The highest BCUT2D eigenvalue weighted by molar-refractivity contribution is 7.98. The van der Waals surface area contributed by atoms with Crippen LogP contribution < -0.4 is 0 Å². The van der Waals surface area contributed by atoms with E-state index in [0.29, 0.717) is 0 Å². The van der Waals surface area contributed by atoms with Crippen molar-refractivity contribution in [3.05, 3.63) is 90.3 Å². The summed E-state index contributed by atoms with van der Waals surface area (Å²) in [4.78, 5) is 12.9. The number of imidazole rings is 2. The molecule has 0 bridgehead atoms. The fraction of sp³-hybridized carbons (Fsp3) is 0.0909. The van der Waals surface area contributed by atoms with Crippen LogP contribution in [0.15, 0.2) is 84.0 Å². The molecule has 5 heteroatoms. The zero-order chi connectivity index (χ0) is 18.1. The van der Waals surface area contributed by atoms with Crippen LogP contribution in [0.5, 0.6) is 0 Å². The quantitative estimate of drug-likeness (QED) is 0.430. The number of fused-ring (bicyclic) bond motifs is 2. The SMILES string of the molecule is c1ccc(Cn2c(CSc3nc4ccccc4[nH]3)nc3ccccc32)cc1. The summed E-state index contributed by atoms with van der Waals surface area (Å²) in [7, 11) is 0. The monoisotopic (exact) mass is 370 g/mol. The zero-order valence-electron chi connectivity index (χ0n) is 14.7. The third-order valence-electron chi connectivity index (χ3n) is 4.62. The minimum Gasteiger partial charge on any atom is -0.333 e. The third-order valence-corrected chi connectivity index (χ3v) is 5.49. The lowest BCUT2D eigenvalue weighted by Gasteiger charge is -2.09. The molecule has 0 aliphatic heterocycles. The Balaban J connectivity index is 1.47. The summed E-state index contributed by atoms with van der Waals surface area (Å²) < 4.78 is 2.31. The summed E-state index contributed by atoms with van der Waals surface area (Å²) in [6.45, 7) is 0.817. The Morgan fingerprint density at radius 1 is 0.778 bits per heavy atom. The molecule has 1 N–H and O–H groups in total. The maximum Gasteiger partial charge on any atom is 0.166 e. The van der Waals surface area contributed by atoms with Gasteiger partial charge in [-0.3, -0.25) is 0 Å². The second-order valence-electron chi connectivity index (χ2n) is 6.44. The molecule has 2 aromatic heterocycles. The van der Waals surface area contributed by atoms with Gasteiger partial charge in [-0.25, -0.2) is 9.97 Å². The molecule has 0 saturated carbocycles. The molecule has 0 fully saturated rings. The van der Waals surface area contributed by atoms with Crippen LogP contribution in [0.2, 0.25) is 0 Å². The molecule has 2 heterocycles. The summed E-state index contributed by atoms with van der Waals surface area (Å²) in [5.74, 6) is 1.83. The number of hydrogen-bond donors (Lipinski definition) is 1. The molecule has 132 valence electrons. The molecule has 5 rings (SSSR count). The number of hydrogen-bond acceptors (Lipinski definition) is 3. The highest BCUT2D eigenvalue weighted by Crippen LogP contribution is 2.25. The highest BCUT2D eigenvalue weighted by atomic mass is 32.2. The van der Waals surface area contributed by atoms with Crippen molar-refractivity contribution in [3.8, 4) is 0 Å². The van der Waals surface area contributed by atoms with Crippen molar-refractivity contribution >= 4 is 33.8 Å². The smallest absolute Gasteiger partial charge is 0.166 e. The molecule has 5 aromatic rings. The molecular weight excluding hydrogens is 352 g/mol. The molecule has 3 aromatic carbocycles. The Hall–Kier alpha value is -3.05. The first-order valence-corrected chi connectivity index (χ1v) is 9.91. The van der Waals surface area contributed by atoms with Gasteiger partial charge in [-0.15, -0.1) is 0 Å². The van der Waals surface area contributed by atoms with E-state index in [4.69, 9.17) is 4.98 Å². The van der Waals surface area contributed by atoms with Crippen molar-refractivity contribution in [2.75, 3.05) is 0 Å². The van der Waals surface area contributed by atoms with Gasteiger partial charge in [0, 0.05) is 6.54 Å². The van der Waals surface area contributed by atoms with Crippen LogP contribution in [0.25, 0.3) is 22.1 Å². The van der Waals surface area contributed by atoms with Crippen LogP contribution >= 0.6 is 11.8 Å². The minimum absolute atomic E-state index is 0.765. The number of H-pyrrole nitrogens is 1. The number of rotatable bonds is 5. The molecule has 0 spiro atoms. The summed E-state index contributed by atoms with van der Waals surface area (Å²) in [6, 6.07) is 27.0. The Morgan fingerprint density at radius 2 is 1.52 bits per heavy atom. The van der Waals surface area contributed by atoms with E-state index in [0.717, 1.165) is 39.8 Å². The summed E-state index contributed by atoms with van der Waals surface area (Å²) >= 11 is 1.69. The summed E-state index contributed by atoms with van der Waals surface area (Å²) in [5, 5.41) is 0.925. The number of para-hydroxylation sites is 4. The summed E-state index contributed by atoms with van der Waals surface area (Å²) in [5.41, 5.74) is 5.54. The number of aromatic nitrogens is 4. The van der Waals surface area contributed by atoms with Crippen molar-refractivity contribution in [2.24, 2.45) is 0 Å². The van der Waals surface area contributed by atoms with E-state index >= 15 is 0 Å². The number of nitrogens with one attached hydrogen (secondary N) is 1. The summed E-state index contributed by atoms with van der Waals surface area (Å²) in [6.07, 6.45) is 0. The molecule has 0 saturated heterocycles. The molecule has 0 unspecified atom stereocenters. The van der Waals surface area contributed by atoms with Gasteiger partial charge in [-0.1, -0.05) is 66.4 Å². The van der Waals surface area contributed by atoms with E-state index in [-0.39, 0.29) is 0 Å². The first-order chi connectivity index (χ1) is 13.4. The van der Waals surface area contributed by atoms with Crippen LogP contribution in [0.4, 0.5) is 0 Å². The van der Waals surface area contributed by atoms with Crippen molar-refractivity contribution in [1.82, 2.24) is 19.5 Å². The van der Waals surface area contributed by atoms with Crippen LogP contribution in [0.3, 0.4) is 0 Å². The van der Waals surface area contributed by atoms with Crippen LogP contribution in [0, 0.1) is 0 Å². The lowest BCUT2D eigenvalue weighted by molar-refractivity contribution is 0.779. The van der Waals surface area contributed by atoms with E-state index in [1.165, 1.54) is 11.1 Å². The number of aromatic amines is 1. The lowest BCUT2D eigenvalue weighted by atomic mass is 10.2. The largest absolute Gasteiger partial charge is 0.333 e. The number of benzene rings is 3. The normalized spacial score (nSPS) is 11.4. The maximum atomic E-state index is 4.88. The van der Waals surface area contributed by atoms with Crippen molar-refractivity contribution in [2.45, 2.75) is 17.5 Å². The van der Waals surface area contributed by atoms with Gasteiger partial charge in [-0.2, -0.15) is 0 Å². The highest BCUT2D eigenvalue weighted by Gasteiger charge is 2.12. The van der Waals surface area contributed by atoms with Gasteiger partial charge in [0.25, 0.3) is 0 Å². The second-order valence-corrected chi connectivity index (χ2v) is 7.40. The van der Waals surface area contributed by atoms with Gasteiger partial charge in [0.15, 0.2) is 5.16 Å². The van der Waals surface area contributed by atoms with Gasteiger partial charge in [0.05, 0.1) is 27.8 Å². The fourth-order valence-corrected chi connectivity index (χ4v) is 4.14. The second kappa shape index (κ2) is 6.93. The van der Waals surface area contributed by atoms with Gasteiger partial charge < -0.3 is 9.55 Å². The van der Waals surface area contributed by atoms with Crippen LogP contribution in [0.1, 0.15) is 11.4 Å². The van der Waals surface area contributed by atoms with Gasteiger partial charge in [0.1, 0.15) is 5.82 Å². The Morgan fingerprint density at radius 3 is 2.37 bits per heavy atom. The molecule has 0 amide bonds. The topological polar surface area (TPSA) is 46.5 Å². The van der Waals surface area contributed by atoms with Crippen molar-refractivity contribution in [1.29, 1.82) is 0 Å². The van der Waals surface area contributed by atoms with E-state index in [1.807, 2.05) is 30.3 Å². The predicted molar refractivity (Wildman–Crippen MR) is 111 cm³/mol. The molecular formula is C22H18N4S.